The molecule has 1 aliphatic heterocycles. The smallest absolute Gasteiger partial charge is 0.387 e. The number of carbonyl (C=O) groups is 1. The van der Waals surface area contributed by atoms with E-state index in [2.05, 4.69) is 4.74 Å². The number of morpholine rings is 1. The Bertz CT molecular complexity index is 476. The molecule has 1 fully saturated rings. The highest BCUT2D eigenvalue weighted by Crippen LogP contribution is 2.22. The van der Waals surface area contributed by atoms with Gasteiger partial charge in [0.15, 0.2) is 0 Å². The van der Waals surface area contributed by atoms with E-state index in [0.29, 0.717) is 26.2 Å². The Balaban J connectivity index is 0.00000220. The molecule has 1 saturated heterocycles. The van der Waals surface area contributed by atoms with Crippen LogP contribution in [-0.2, 0) is 4.74 Å². The van der Waals surface area contributed by atoms with Crippen LogP contribution < -0.4 is 10.5 Å². The summed E-state index contributed by atoms with van der Waals surface area (Å²) < 4.78 is 34.4. The molecular weight excluding hydrogens is 306 g/mol. The number of nitrogens with two attached hydrogens (primary N) is 1. The lowest BCUT2D eigenvalue weighted by Crippen LogP contribution is -2.48. The van der Waals surface area contributed by atoms with Crippen molar-refractivity contribution in [2.75, 3.05) is 26.2 Å². The zero-order chi connectivity index (χ0) is 14.5. The number of halogens is 3. The first-order valence-electron chi connectivity index (χ1n) is 6.26. The van der Waals surface area contributed by atoms with E-state index in [4.69, 9.17) is 10.5 Å². The van der Waals surface area contributed by atoms with Crippen LogP contribution in [0.1, 0.15) is 10.4 Å². The molecule has 1 aromatic carbocycles. The van der Waals surface area contributed by atoms with Crippen molar-refractivity contribution in [3.8, 4) is 5.75 Å². The number of amides is 1. The molecule has 0 aliphatic carbocycles. The molecule has 0 saturated carbocycles. The first-order valence-corrected chi connectivity index (χ1v) is 6.26. The summed E-state index contributed by atoms with van der Waals surface area (Å²) in [6.07, 6.45) is -0.226. The summed E-state index contributed by atoms with van der Waals surface area (Å²) in [7, 11) is 0. The molecule has 0 bridgehead atoms. The fraction of sp³-hybridized carbons (Fsp3) is 0.462. The maximum Gasteiger partial charge on any atom is 0.387 e. The third kappa shape index (κ3) is 4.52. The summed E-state index contributed by atoms with van der Waals surface area (Å²) in [5.41, 5.74) is 5.63. The minimum Gasteiger partial charge on any atom is -0.434 e. The van der Waals surface area contributed by atoms with Crippen LogP contribution >= 0.6 is 12.4 Å². The van der Waals surface area contributed by atoms with Gasteiger partial charge in [0.25, 0.3) is 5.91 Å². The normalized spacial score (nSPS) is 18.3. The van der Waals surface area contributed by atoms with E-state index in [9.17, 15) is 13.6 Å². The van der Waals surface area contributed by atoms with Gasteiger partial charge in [-0.15, -0.1) is 12.4 Å². The fourth-order valence-corrected chi connectivity index (χ4v) is 2.06. The zero-order valence-electron chi connectivity index (χ0n) is 11.2. The third-order valence-corrected chi connectivity index (χ3v) is 3.02. The predicted molar refractivity (Wildman–Crippen MR) is 75.0 cm³/mol. The third-order valence-electron chi connectivity index (χ3n) is 3.02. The quantitative estimate of drug-likeness (QED) is 0.912. The van der Waals surface area contributed by atoms with Crippen molar-refractivity contribution in [2.45, 2.75) is 12.7 Å². The predicted octanol–water partition coefficient (Wildman–Crippen LogP) is 1.51. The molecule has 2 N–H and O–H groups in total. The van der Waals surface area contributed by atoms with Crippen molar-refractivity contribution in [1.82, 2.24) is 4.90 Å². The zero-order valence-corrected chi connectivity index (χ0v) is 12.0. The van der Waals surface area contributed by atoms with Gasteiger partial charge in [0.2, 0.25) is 0 Å². The molecular formula is C13H17ClF2N2O3. The molecule has 8 heteroatoms. The molecule has 0 spiro atoms. The Labute approximate surface area is 127 Å². The number of hydrogen-bond acceptors (Lipinski definition) is 4. The SMILES string of the molecule is Cl.NCC1CN(C(=O)c2ccccc2OC(F)F)CCO1. The maximum absolute atomic E-state index is 12.4. The van der Waals surface area contributed by atoms with E-state index in [0.717, 1.165) is 0 Å². The summed E-state index contributed by atoms with van der Waals surface area (Å²) in [4.78, 5) is 13.9. The lowest BCUT2D eigenvalue weighted by molar-refractivity contribution is -0.0507. The van der Waals surface area contributed by atoms with Gasteiger partial charge in [-0.05, 0) is 12.1 Å². The average molecular weight is 323 g/mol. The summed E-state index contributed by atoms with van der Waals surface area (Å²) in [6, 6.07) is 5.95. The molecule has 5 nitrogen and oxygen atoms in total. The highest BCUT2D eigenvalue weighted by atomic mass is 35.5. The molecule has 21 heavy (non-hydrogen) atoms. The molecule has 1 atom stereocenters. The second kappa shape index (κ2) is 8.11. The average Bonchev–Trinajstić information content (AvgIpc) is 2.46. The number of benzene rings is 1. The van der Waals surface area contributed by atoms with Gasteiger partial charge in [-0.25, -0.2) is 0 Å². The number of ether oxygens (including phenoxy) is 2. The van der Waals surface area contributed by atoms with E-state index < -0.39 is 6.61 Å². The molecule has 0 aromatic heterocycles. The summed E-state index contributed by atoms with van der Waals surface area (Å²) >= 11 is 0. The molecule has 1 heterocycles. The summed E-state index contributed by atoms with van der Waals surface area (Å²) in [5.74, 6) is -0.480. The first-order chi connectivity index (χ1) is 9.61. The van der Waals surface area contributed by atoms with Crippen molar-refractivity contribution in [3.05, 3.63) is 29.8 Å². The molecule has 1 unspecified atom stereocenters. The topological polar surface area (TPSA) is 64.8 Å². The van der Waals surface area contributed by atoms with Crippen molar-refractivity contribution in [1.29, 1.82) is 0 Å². The Kier molecular flexibility index (Phi) is 6.80. The van der Waals surface area contributed by atoms with Crippen LogP contribution in [-0.4, -0.2) is 49.8 Å². The van der Waals surface area contributed by atoms with E-state index in [-0.39, 0.29) is 35.7 Å². The van der Waals surface area contributed by atoms with Gasteiger partial charge in [0, 0.05) is 19.6 Å². The van der Waals surface area contributed by atoms with E-state index in [1.54, 1.807) is 6.07 Å². The highest BCUT2D eigenvalue weighted by Gasteiger charge is 2.26. The Morgan fingerprint density at radius 1 is 1.48 bits per heavy atom. The largest absolute Gasteiger partial charge is 0.434 e. The molecule has 1 aliphatic rings. The van der Waals surface area contributed by atoms with Gasteiger partial charge in [-0.2, -0.15) is 8.78 Å². The van der Waals surface area contributed by atoms with Crippen LogP contribution in [0.2, 0.25) is 0 Å². The number of hydrogen-bond donors (Lipinski definition) is 1. The standard InChI is InChI=1S/C13H16F2N2O3.ClH/c14-13(15)20-11-4-2-1-3-10(11)12(18)17-5-6-19-9(7-16)8-17;/h1-4,9,13H,5-8,16H2;1H. The Morgan fingerprint density at radius 3 is 2.86 bits per heavy atom. The van der Waals surface area contributed by atoms with Crippen molar-refractivity contribution >= 4 is 18.3 Å². The van der Waals surface area contributed by atoms with Gasteiger partial charge < -0.3 is 20.1 Å². The van der Waals surface area contributed by atoms with Gasteiger partial charge in [0.05, 0.1) is 18.3 Å². The number of rotatable bonds is 4. The van der Waals surface area contributed by atoms with Crippen molar-refractivity contribution < 1.29 is 23.0 Å². The van der Waals surface area contributed by atoms with Gasteiger partial charge in [-0.1, -0.05) is 12.1 Å². The van der Waals surface area contributed by atoms with Gasteiger partial charge >= 0.3 is 6.61 Å². The molecule has 0 radical (unpaired) electrons. The van der Waals surface area contributed by atoms with E-state index >= 15 is 0 Å². The molecule has 2 rings (SSSR count). The lowest BCUT2D eigenvalue weighted by atomic mass is 10.1. The van der Waals surface area contributed by atoms with E-state index in [1.165, 1.54) is 23.1 Å². The summed E-state index contributed by atoms with van der Waals surface area (Å²) in [5, 5.41) is 0. The second-order valence-electron chi connectivity index (χ2n) is 4.35. The summed E-state index contributed by atoms with van der Waals surface area (Å²) in [6.45, 7) is -1.54. The maximum atomic E-state index is 12.4. The number of carbonyl (C=O) groups excluding carboxylic acids is 1. The van der Waals surface area contributed by atoms with Crippen molar-refractivity contribution in [2.24, 2.45) is 5.73 Å². The second-order valence-corrected chi connectivity index (χ2v) is 4.35. The molecule has 1 aromatic rings. The Hall–Kier alpha value is -1.44. The monoisotopic (exact) mass is 322 g/mol. The van der Waals surface area contributed by atoms with Crippen LogP contribution in [0.4, 0.5) is 8.78 Å². The Morgan fingerprint density at radius 2 is 2.19 bits per heavy atom. The van der Waals surface area contributed by atoms with Crippen molar-refractivity contribution in [3.63, 3.8) is 0 Å². The van der Waals surface area contributed by atoms with Crippen LogP contribution in [0.15, 0.2) is 24.3 Å². The lowest BCUT2D eigenvalue weighted by Gasteiger charge is -2.32. The number of para-hydroxylation sites is 1. The first kappa shape index (κ1) is 17.6. The minimum absolute atomic E-state index is 0. The van der Waals surface area contributed by atoms with Crippen LogP contribution in [0.25, 0.3) is 0 Å². The van der Waals surface area contributed by atoms with E-state index in [1.807, 2.05) is 0 Å². The van der Waals surface area contributed by atoms with Crippen LogP contribution in [0.3, 0.4) is 0 Å². The number of alkyl halides is 2. The fourth-order valence-electron chi connectivity index (χ4n) is 2.06. The van der Waals surface area contributed by atoms with Gasteiger partial charge in [-0.3, -0.25) is 4.79 Å². The minimum atomic E-state index is -2.97. The molecule has 118 valence electrons. The molecule has 1 amide bonds. The number of nitrogens with zero attached hydrogens (tertiary/aromatic N) is 1. The van der Waals surface area contributed by atoms with Crippen LogP contribution in [0, 0.1) is 0 Å². The van der Waals surface area contributed by atoms with Crippen LogP contribution in [0.5, 0.6) is 5.75 Å². The van der Waals surface area contributed by atoms with Gasteiger partial charge in [0.1, 0.15) is 5.75 Å². The highest BCUT2D eigenvalue weighted by molar-refractivity contribution is 5.97.